The molecule has 0 spiro atoms. The number of rotatable bonds is 6. The first-order chi connectivity index (χ1) is 14.9. The lowest BCUT2D eigenvalue weighted by atomic mass is 9.95. The number of piperidine rings is 1. The van der Waals surface area contributed by atoms with Gasteiger partial charge in [0.15, 0.2) is 11.9 Å². The van der Waals surface area contributed by atoms with Gasteiger partial charge in [-0.2, -0.15) is 5.26 Å². The first kappa shape index (κ1) is 21.1. The van der Waals surface area contributed by atoms with Crippen molar-refractivity contribution in [2.75, 3.05) is 18.1 Å². The zero-order valence-electron chi connectivity index (χ0n) is 18.2. The maximum absolute atomic E-state index is 12.5. The largest absolute Gasteiger partial charge is 0.453 e. The fourth-order valence-electron chi connectivity index (χ4n) is 4.15. The molecule has 0 amide bonds. The minimum absolute atomic E-state index is 0.0126. The number of nitrogens with one attached hydrogen (secondary N) is 1. The number of carbonyl (C=O) groups excluding carboxylic acids is 1. The van der Waals surface area contributed by atoms with Gasteiger partial charge in [-0.15, -0.1) is 0 Å². The molecule has 1 aliphatic heterocycles. The zero-order chi connectivity index (χ0) is 22.1. The van der Waals surface area contributed by atoms with Gasteiger partial charge in [-0.1, -0.05) is 13.8 Å². The summed E-state index contributed by atoms with van der Waals surface area (Å²) in [6.07, 6.45) is 5.47. The predicted molar refractivity (Wildman–Crippen MR) is 118 cm³/mol. The molecule has 9 nitrogen and oxygen atoms in total. The second-order valence-electron chi connectivity index (χ2n) is 8.62. The van der Waals surface area contributed by atoms with Crippen molar-refractivity contribution in [1.82, 2.24) is 19.6 Å². The van der Waals surface area contributed by atoms with E-state index in [4.69, 9.17) is 20.7 Å². The van der Waals surface area contributed by atoms with E-state index in [1.54, 1.807) is 6.20 Å². The molecule has 2 atom stereocenters. The second kappa shape index (κ2) is 8.55. The topological polar surface area (TPSA) is 126 Å². The summed E-state index contributed by atoms with van der Waals surface area (Å²) in [6.45, 7) is 7.21. The number of nitriles is 1. The quantitative estimate of drug-likeness (QED) is 0.584. The summed E-state index contributed by atoms with van der Waals surface area (Å²) in [5.74, 6) is 0.612. The van der Waals surface area contributed by atoms with Crippen molar-refractivity contribution in [3.05, 3.63) is 24.3 Å². The summed E-state index contributed by atoms with van der Waals surface area (Å²) in [4.78, 5) is 24.9. The fraction of sp³-hybridized carbons (Fsp3) is 0.545. The molecule has 31 heavy (non-hydrogen) atoms. The molecule has 0 unspecified atom stereocenters. The molecule has 3 aromatic heterocycles. The van der Waals surface area contributed by atoms with Gasteiger partial charge in [0, 0.05) is 31.1 Å². The van der Waals surface area contributed by atoms with E-state index in [0.29, 0.717) is 18.2 Å². The van der Waals surface area contributed by atoms with Crippen LogP contribution in [0.25, 0.3) is 22.1 Å². The molecule has 0 saturated carbocycles. The van der Waals surface area contributed by atoms with Gasteiger partial charge in [-0.25, -0.2) is 14.6 Å². The van der Waals surface area contributed by atoms with E-state index in [0.717, 1.165) is 48.0 Å². The van der Waals surface area contributed by atoms with Gasteiger partial charge in [0.1, 0.15) is 22.7 Å². The number of pyridine rings is 1. The highest BCUT2D eigenvalue weighted by atomic mass is 16.5. The summed E-state index contributed by atoms with van der Waals surface area (Å²) in [5, 5.41) is 12.2. The Balaban J connectivity index is 1.74. The lowest BCUT2D eigenvalue weighted by Crippen LogP contribution is -2.43. The molecule has 3 N–H and O–H groups in total. The van der Waals surface area contributed by atoms with Gasteiger partial charge >= 0.3 is 5.97 Å². The number of hydrogen-bond donors (Lipinski definition) is 2. The Morgan fingerprint density at radius 3 is 2.81 bits per heavy atom. The summed E-state index contributed by atoms with van der Waals surface area (Å²) < 4.78 is 7.81. The van der Waals surface area contributed by atoms with E-state index in [-0.39, 0.29) is 5.92 Å². The highest BCUT2D eigenvalue weighted by molar-refractivity contribution is 6.01. The maximum Gasteiger partial charge on any atom is 0.323 e. The first-order valence-corrected chi connectivity index (χ1v) is 10.8. The smallest absolute Gasteiger partial charge is 0.323 e. The minimum Gasteiger partial charge on any atom is -0.453 e. The maximum atomic E-state index is 12.5. The summed E-state index contributed by atoms with van der Waals surface area (Å²) in [7, 11) is 0. The normalized spacial score (nSPS) is 17.2. The lowest BCUT2D eigenvalue weighted by Gasteiger charge is -2.35. The Bertz CT molecular complexity index is 1120. The number of aromatic amines is 1. The van der Waals surface area contributed by atoms with Gasteiger partial charge < -0.3 is 20.5 Å². The van der Waals surface area contributed by atoms with Crippen LogP contribution < -0.4 is 10.7 Å². The molecule has 9 heteroatoms. The van der Waals surface area contributed by atoms with Crippen LogP contribution in [0.1, 0.15) is 52.0 Å². The Kier molecular flexibility index (Phi) is 5.83. The average molecular weight is 424 g/mol. The third-order valence-electron chi connectivity index (χ3n) is 6.10. The predicted octanol–water partition coefficient (Wildman–Crippen LogP) is 2.76. The van der Waals surface area contributed by atoms with E-state index in [9.17, 15) is 4.79 Å². The highest BCUT2D eigenvalue weighted by Crippen LogP contribution is 2.30. The number of fused-ring (bicyclic) bond motifs is 3. The first-order valence-electron chi connectivity index (χ1n) is 10.8. The van der Waals surface area contributed by atoms with Gasteiger partial charge in [-0.05, 0) is 37.7 Å². The van der Waals surface area contributed by atoms with Crippen LogP contribution >= 0.6 is 0 Å². The van der Waals surface area contributed by atoms with Crippen molar-refractivity contribution in [3.8, 4) is 6.07 Å². The van der Waals surface area contributed by atoms with Crippen LogP contribution in [-0.2, 0) is 9.53 Å². The number of H-pyrrole nitrogens is 1. The van der Waals surface area contributed by atoms with Crippen LogP contribution in [0.5, 0.6) is 0 Å². The minimum atomic E-state index is -0.681. The van der Waals surface area contributed by atoms with Crippen molar-refractivity contribution in [2.45, 2.75) is 52.2 Å². The second-order valence-corrected chi connectivity index (χ2v) is 8.62. The molecule has 4 rings (SSSR count). The Labute approximate surface area is 181 Å². The number of imidazole rings is 1. The van der Waals surface area contributed by atoms with E-state index in [2.05, 4.69) is 25.7 Å². The average Bonchev–Trinajstić information content (AvgIpc) is 3.38. The van der Waals surface area contributed by atoms with Gasteiger partial charge in [-0.3, -0.25) is 4.79 Å². The molecule has 3 aromatic rings. The molecule has 1 saturated heterocycles. The van der Waals surface area contributed by atoms with E-state index in [1.165, 1.54) is 0 Å². The Morgan fingerprint density at radius 1 is 1.39 bits per heavy atom. The zero-order valence-corrected chi connectivity index (χ0v) is 18.2. The van der Waals surface area contributed by atoms with Crippen LogP contribution in [-0.4, -0.2) is 44.7 Å². The third-order valence-corrected chi connectivity index (χ3v) is 6.10. The lowest BCUT2D eigenvalue weighted by molar-refractivity contribution is -0.151. The van der Waals surface area contributed by atoms with Gasteiger partial charge in [0.2, 0.25) is 0 Å². The molecule has 0 aromatic carbocycles. The van der Waals surface area contributed by atoms with E-state index < -0.39 is 18.1 Å². The monoisotopic (exact) mass is 423 g/mol. The highest BCUT2D eigenvalue weighted by Gasteiger charge is 2.29. The van der Waals surface area contributed by atoms with Crippen LogP contribution in [0.3, 0.4) is 0 Å². The third kappa shape index (κ3) is 3.95. The molecular formula is C22H29N7O2. The molecule has 0 radical (unpaired) electrons. The molecule has 164 valence electrons. The Morgan fingerprint density at radius 2 is 2.13 bits per heavy atom. The summed E-state index contributed by atoms with van der Waals surface area (Å²) in [5.41, 5.74) is 8.47. The SMILES string of the molecule is CC(C)[C@H](N)C(=O)O[C@H](C)c1nc2cnc3[nH]ccc3c2n1N1CCC(CC#N)CC1. The van der Waals surface area contributed by atoms with Crippen molar-refractivity contribution >= 4 is 28.0 Å². The number of nitrogens with two attached hydrogens (primary N) is 1. The number of ether oxygens (including phenoxy) is 1. The summed E-state index contributed by atoms with van der Waals surface area (Å²) >= 11 is 0. The van der Waals surface area contributed by atoms with Crippen LogP contribution in [0, 0.1) is 23.2 Å². The van der Waals surface area contributed by atoms with E-state index in [1.807, 2.05) is 33.0 Å². The summed E-state index contributed by atoms with van der Waals surface area (Å²) in [6, 6.07) is 3.59. The van der Waals surface area contributed by atoms with Crippen molar-refractivity contribution in [2.24, 2.45) is 17.6 Å². The molecule has 0 aliphatic carbocycles. The van der Waals surface area contributed by atoms with Gasteiger partial charge in [0.25, 0.3) is 0 Å². The number of nitrogens with zero attached hydrogens (tertiary/aromatic N) is 5. The Hall–Kier alpha value is -3.12. The number of esters is 1. The van der Waals surface area contributed by atoms with Crippen molar-refractivity contribution in [3.63, 3.8) is 0 Å². The van der Waals surface area contributed by atoms with Crippen molar-refractivity contribution < 1.29 is 9.53 Å². The molecule has 1 aliphatic rings. The van der Waals surface area contributed by atoms with Crippen LogP contribution in [0.2, 0.25) is 0 Å². The fourth-order valence-corrected chi connectivity index (χ4v) is 4.15. The molecule has 0 bridgehead atoms. The number of carbonyl (C=O) groups is 1. The molecule has 4 heterocycles. The van der Waals surface area contributed by atoms with Crippen LogP contribution in [0.4, 0.5) is 0 Å². The molecular weight excluding hydrogens is 394 g/mol. The number of hydrogen-bond acceptors (Lipinski definition) is 7. The van der Waals surface area contributed by atoms with Crippen molar-refractivity contribution in [1.29, 1.82) is 5.26 Å². The van der Waals surface area contributed by atoms with Crippen LogP contribution in [0.15, 0.2) is 18.5 Å². The number of aromatic nitrogens is 4. The molecule has 1 fully saturated rings. The van der Waals surface area contributed by atoms with E-state index >= 15 is 0 Å². The standard InChI is InChI=1S/C22H29N7O2/c1-13(2)18(24)22(30)31-14(3)21-27-17-12-26-20-16(5-9-25-20)19(17)29(21)28-10-6-15(4-8-23)7-11-28/h5,9,12-15,18H,4,6-7,10-11,24H2,1-3H3,(H,25,26)/t14-,18+/m1/s1. The van der Waals surface area contributed by atoms with Gasteiger partial charge in [0.05, 0.1) is 12.3 Å².